The maximum absolute atomic E-state index is 6.17. The summed E-state index contributed by atoms with van der Waals surface area (Å²) in [6.07, 6.45) is 29.4. The highest BCUT2D eigenvalue weighted by Gasteiger charge is 2.09. The summed E-state index contributed by atoms with van der Waals surface area (Å²) in [5, 5.41) is 0. The van der Waals surface area contributed by atoms with Gasteiger partial charge in [-0.1, -0.05) is 143 Å². The van der Waals surface area contributed by atoms with Crippen molar-refractivity contribution < 1.29 is 9.47 Å². The van der Waals surface area contributed by atoms with Gasteiger partial charge < -0.3 is 9.47 Å². The molecule has 1 atom stereocenters. The molecule has 0 aromatic carbocycles. The van der Waals surface area contributed by atoms with Crippen LogP contribution in [0.1, 0.15) is 169 Å². The first-order valence-corrected chi connectivity index (χ1v) is 15.0. The Hall–Kier alpha value is -0.0800. The molecule has 0 rings (SSSR count). The fourth-order valence-electron chi connectivity index (χ4n) is 4.44. The quantitative estimate of drug-likeness (QED) is 0.0907. The Morgan fingerprint density at radius 2 is 0.781 bits per heavy atom. The number of rotatable bonds is 27. The average molecular weight is 455 g/mol. The third kappa shape index (κ3) is 24.6. The summed E-state index contributed by atoms with van der Waals surface area (Å²) in [5.41, 5.74) is 0. The van der Waals surface area contributed by atoms with Crippen molar-refractivity contribution in [3.63, 3.8) is 0 Å². The smallest absolute Gasteiger partial charge is 0.157 e. The van der Waals surface area contributed by atoms with Crippen molar-refractivity contribution in [2.45, 2.75) is 175 Å². The van der Waals surface area contributed by atoms with E-state index < -0.39 is 0 Å². The molecule has 0 saturated carbocycles. The van der Waals surface area contributed by atoms with E-state index in [1.165, 1.54) is 135 Å². The van der Waals surface area contributed by atoms with Crippen LogP contribution in [0.25, 0.3) is 0 Å². The topological polar surface area (TPSA) is 18.5 Å². The van der Waals surface area contributed by atoms with Gasteiger partial charge in [0.25, 0.3) is 0 Å². The van der Waals surface area contributed by atoms with E-state index in [2.05, 4.69) is 27.7 Å². The van der Waals surface area contributed by atoms with E-state index in [1.54, 1.807) is 0 Å². The van der Waals surface area contributed by atoms with Crippen LogP contribution in [0.5, 0.6) is 0 Å². The van der Waals surface area contributed by atoms with Gasteiger partial charge in [0.2, 0.25) is 0 Å². The summed E-state index contributed by atoms with van der Waals surface area (Å²) in [4.78, 5) is 0. The lowest BCUT2D eigenvalue weighted by Gasteiger charge is -2.19. The fourth-order valence-corrected chi connectivity index (χ4v) is 4.44. The van der Waals surface area contributed by atoms with Crippen LogP contribution in [0.4, 0.5) is 0 Å². The molecular weight excluding hydrogens is 392 g/mol. The highest BCUT2D eigenvalue weighted by Crippen LogP contribution is 2.18. The van der Waals surface area contributed by atoms with E-state index in [1.807, 2.05) is 0 Å². The van der Waals surface area contributed by atoms with Crippen LogP contribution in [0, 0.1) is 5.92 Å². The van der Waals surface area contributed by atoms with Gasteiger partial charge in [-0.3, -0.25) is 0 Å². The van der Waals surface area contributed by atoms with Crippen LogP contribution in [0.3, 0.4) is 0 Å². The van der Waals surface area contributed by atoms with Gasteiger partial charge in [-0.2, -0.15) is 0 Å². The van der Waals surface area contributed by atoms with Crippen LogP contribution in [-0.2, 0) is 9.47 Å². The summed E-state index contributed by atoms with van der Waals surface area (Å²) < 4.78 is 12.3. The normalized spacial score (nSPS) is 12.7. The van der Waals surface area contributed by atoms with Gasteiger partial charge in [-0.05, 0) is 31.6 Å². The molecule has 0 aliphatic heterocycles. The highest BCUT2D eigenvalue weighted by atomic mass is 16.7. The zero-order valence-electron chi connectivity index (χ0n) is 22.9. The van der Waals surface area contributed by atoms with Crippen LogP contribution in [0.15, 0.2) is 0 Å². The van der Waals surface area contributed by atoms with Crippen molar-refractivity contribution in [1.82, 2.24) is 0 Å². The molecule has 0 spiro atoms. The molecule has 1 unspecified atom stereocenters. The Balaban J connectivity index is 3.87. The largest absolute Gasteiger partial charge is 0.353 e. The lowest BCUT2D eigenvalue weighted by atomic mass is 9.97. The Labute approximate surface area is 204 Å². The first-order chi connectivity index (χ1) is 15.7. The van der Waals surface area contributed by atoms with Crippen molar-refractivity contribution in [1.29, 1.82) is 0 Å². The highest BCUT2D eigenvalue weighted by molar-refractivity contribution is 4.56. The lowest BCUT2D eigenvalue weighted by molar-refractivity contribution is -0.148. The summed E-state index contributed by atoms with van der Waals surface area (Å²) in [5.74, 6) is 0.921. The van der Waals surface area contributed by atoms with E-state index in [-0.39, 0.29) is 6.29 Å². The van der Waals surface area contributed by atoms with E-state index in [0.29, 0.717) is 0 Å². The molecule has 0 aromatic rings. The third-order valence-electron chi connectivity index (χ3n) is 6.79. The Bertz CT molecular complexity index is 313. The fraction of sp³-hybridized carbons (Fsp3) is 1.00. The van der Waals surface area contributed by atoms with E-state index in [9.17, 15) is 0 Å². The minimum Gasteiger partial charge on any atom is -0.353 e. The summed E-state index contributed by atoms with van der Waals surface area (Å²) in [6.45, 7) is 11.1. The van der Waals surface area contributed by atoms with Crippen LogP contribution < -0.4 is 0 Å². The minimum absolute atomic E-state index is 0.0374. The average Bonchev–Trinajstić information content (AvgIpc) is 2.80. The predicted octanol–water partition coefficient (Wildman–Crippen LogP) is 10.6. The number of hydrogen-bond donors (Lipinski definition) is 0. The molecule has 0 fully saturated rings. The molecule has 0 N–H and O–H groups in total. The SMILES string of the molecule is CCCCCCCCOC(CCCCCCCC(C)CCCC)OCCCCCCCC. The second kappa shape index (κ2) is 27.2. The van der Waals surface area contributed by atoms with Gasteiger partial charge in [-0.25, -0.2) is 0 Å². The molecule has 0 amide bonds. The van der Waals surface area contributed by atoms with E-state index in [4.69, 9.17) is 9.47 Å². The molecule has 32 heavy (non-hydrogen) atoms. The first-order valence-electron chi connectivity index (χ1n) is 15.0. The Kier molecular flexibility index (Phi) is 27.1. The van der Waals surface area contributed by atoms with Crippen molar-refractivity contribution in [2.75, 3.05) is 13.2 Å². The molecule has 0 aromatic heterocycles. The van der Waals surface area contributed by atoms with Gasteiger partial charge in [0, 0.05) is 13.2 Å². The van der Waals surface area contributed by atoms with E-state index in [0.717, 1.165) is 25.6 Å². The van der Waals surface area contributed by atoms with Crippen molar-refractivity contribution in [3.8, 4) is 0 Å². The van der Waals surface area contributed by atoms with E-state index >= 15 is 0 Å². The molecule has 2 heteroatoms. The molecule has 194 valence electrons. The molecule has 0 bridgehead atoms. The Morgan fingerprint density at radius 1 is 0.406 bits per heavy atom. The second-order valence-corrected chi connectivity index (χ2v) is 10.3. The molecule has 0 saturated heterocycles. The maximum Gasteiger partial charge on any atom is 0.157 e. The molecule has 0 radical (unpaired) electrons. The minimum atomic E-state index is 0.0374. The molecule has 0 aliphatic rings. The van der Waals surface area contributed by atoms with Crippen molar-refractivity contribution in [2.24, 2.45) is 5.92 Å². The van der Waals surface area contributed by atoms with Crippen LogP contribution >= 0.6 is 0 Å². The zero-order chi connectivity index (χ0) is 23.5. The summed E-state index contributed by atoms with van der Waals surface area (Å²) >= 11 is 0. The van der Waals surface area contributed by atoms with Crippen LogP contribution in [-0.4, -0.2) is 19.5 Å². The number of ether oxygens (including phenoxy) is 2. The van der Waals surface area contributed by atoms with Gasteiger partial charge >= 0.3 is 0 Å². The molecule has 0 heterocycles. The molecule has 2 nitrogen and oxygen atoms in total. The van der Waals surface area contributed by atoms with Gasteiger partial charge in [0.15, 0.2) is 6.29 Å². The lowest BCUT2D eigenvalue weighted by Crippen LogP contribution is -2.19. The third-order valence-corrected chi connectivity index (χ3v) is 6.79. The summed E-state index contributed by atoms with van der Waals surface area (Å²) in [6, 6.07) is 0. The number of hydrogen-bond acceptors (Lipinski definition) is 2. The monoisotopic (exact) mass is 454 g/mol. The second-order valence-electron chi connectivity index (χ2n) is 10.3. The van der Waals surface area contributed by atoms with Crippen molar-refractivity contribution >= 4 is 0 Å². The number of unbranched alkanes of at least 4 members (excludes halogenated alkanes) is 15. The molecular formula is C30H62O2. The first kappa shape index (κ1) is 31.9. The zero-order valence-corrected chi connectivity index (χ0v) is 22.9. The van der Waals surface area contributed by atoms with Crippen LogP contribution in [0.2, 0.25) is 0 Å². The standard InChI is InChI=1S/C30H62O2/c1-5-8-11-13-18-22-27-31-30(32-28-23-19-14-12-9-6-2)26-21-17-15-16-20-25-29(4)24-10-7-3/h29-30H,5-28H2,1-4H3. The van der Waals surface area contributed by atoms with Gasteiger partial charge in [-0.15, -0.1) is 0 Å². The summed E-state index contributed by atoms with van der Waals surface area (Å²) in [7, 11) is 0. The predicted molar refractivity (Wildman–Crippen MR) is 143 cm³/mol. The Morgan fingerprint density at radius 3 is 1.28 bits per heavy atom. The van der Waals surface area contributed by atoms with Gasteiger partial charge in [0.1, 0.15) is 0 Å². The maximum atomic E-state index is 6.17. The molecule has 0 aliphatic carbocycles. The van der Waals surface area contributed by atoms with Gasteiger partial charge in [0.05, 0.1) is 0 Å². The van der Waals surface area contributed by atoms with Crippen molar-refractivity contribution in [3.05, 3.63) is 0 Å².